The lowest BCUT2D eigenvalue weighted by Gasteiger charge is -2.27. The fourth-order valence-corrected chi connectivity index (χ4v) is 3.13. The summed E-state index contributed by atoms with van der Waals surface area (Å²) in [4.78, 5) is 2.29. The first-order chi connectivity index (χ1) is 9.60. The lowest BCUT2D eigenvalue weighted by atomic mass is 10.1. The van der Waals surface area contributed by atoms with Crippen LogP contribution in [0.2, 0.25) is 5.02 Å². The highest BCUT2D eigenvalue weighted by Crippen LogP contribution is 2.31. The van der Waals surface area contributed by atoms with E-state index in [0.717, 1.165) is 23.1 Å². The summed E-state index contributed by atoms with van der Waals surface area (Å²) in [6, 6.07) is 6.09. The summed E-state index contributed by atoms with van der Waals surface area (Å²) >= 11 is 9.59. The zero-order chi connectivity index (χ0) is 14.7. The normalized spacial score (nSPS) is 25.1. The molecule has 0 bridgehead atoms. The standard InChI is InChI=1S/C14H20BrClN2O2/c1-19-13-7-18(8-14(13)20-2)12(6-17)9-3-4-10(15)11(16)5-9/h3-5,12-14H,6-8,17H2,1-2H3. The molecule has 1 aromatic rings. The number of likely N-dealkylation sites (tertiary alicyclic amines) is 1. The summed E-state index contributed by atoms with van der Waals surface area (Å²) in [5.74, 6) is 0. The molecule has 4 nitrogen and oxygen atoms in total. The van der Waals surface area contributed by atoms with Gasteiger partial charge in [0, 0.05) is 44.4 Å². The molecule has 0 saturated carbocycles. The third-order valence-corrected chi connectivity index (χ3v) is 5.07. The van der Waals surface area contributed by atoms with E-state index in [9.17, 15) is 0 Å². The smallest absolute Gasteiger partial charge is 0.0972 e. The van der Waals surface area contributed by atoms with E-state index in [1.807, 2.05) is 12.1 Å². The Kier molecular flexibility index (Phi) is 5.84. The summed E-state index contributed by atoms with van der Waals surface area (Å²) in [7, 11) is 3.43. The monoisotopic (exact) mass is 362 g/mol. The van der Waals surface area contributed by atoms with E-state index in [1.165, 1.54) is 0 Å². The molecule has 1 aliphatic rings. The number of hydrogen-bond acceptors (Lipinski definition) is 4. The topological polar surface area (TPSA) is 47.7 Å². The van der Waals surface area contributed by atoms with Crippen LogP contribution in [-0.2, 0) is 9.47 Å². The van der Waals surface area contributed by atoms with Crippen LogP contribution in [0.1, 0.15) is 11.6 Å². The molecule has 0 radical (unpaired) electrons. The van der Waals surface area contributed by atoms with E-state index < -0.39 is 0 Å². The van der Waals surface area contributed by atoms with E-state index in [0.29, 0.717) is 11.6 Å². The van der Waals surface area contributed by atoms with Crippen LogP contribution in [0, 0.1) is 0 Å². The highest BCUT2D eigenvalue weighted by molar-refractivity contribution is 9.10. The minimum absolute atomic E-state index is 0.0833. The van der Waals surface area contributed by atoms with E-state index in [4.69, 9.17) is 26.8 Å². The van der Waals surface area contributed by atoms with Crippen molar-refractivity contribution < 1.29 is 9.47 Å². The molecule has 1 aromatic carbocycles. The third-order valence-electron chi connectivity index (χ3n) is 3.84. The first-order valence-electron chi connectivity index (χ1n) is 6.55. The van der Waals surface area contributed by atoms with Crippen molar-refractivity contribution in [3.63, 3.8) is 0 Å². The molecule has 1 saturated heterocycles. The molecule has 3 atom stereocenters. The van der Waals surface area contributed by atoms with Gasteiger partial charge in [-0.05, 0) is 33.6 Å². The van der Waals surface area contributed by atoms with E-state index in [1.54, 1.807) is 14.2 Å². The van der Waals surface area contributed by atoms with Gasteiger partial charge in [0.25, 0.3) is 0 Å². The number of methoxy groups -OCH3 is 2. The molecule has 0 aliphatic carbocycles. The van der Waals surface area contributed by atoms with Gasteiger partial charge in [0.15, 0.2) is 0 Å². The second-order valence-electron chi connectivity index (χ2n) is 4.93. The second-order valence-corrected chi connectivity index (χ2v) is 6.19. The van der Waals surface area contributed by atoms with E-state index in [2.05, 4.69) is 26.9 Å². The molecule has 0 aromatic heterocycles. The number of rotatable bonds is 5. The van der Waals surface area contributed by atoms with Gasteiger partial charge in [-0.15, -0.1) is 0 Å². The van der Waals surface area contributed by atoms with Crippen molar-refractivity contribution in [2.45, 2.75) is 18.2 Å². The van der Waals surface area contributed by atoms with Gasteiger partial charge in [-0.25, -0.2) is 0 Å². The molecule has 0 amide bonds. The molecule has 20 heavy (non-hydrogen) atoms. The summed E-state index contributed by atoms with van der Waals surface area (Å²) in [5.41, 5.74) is 7.09. The maximum absolute atomic E-state index is 6.18. The van der Waals surface area contributed by atoms with Gasteiger partial charge in [-0.3, -0.25) is 4.90 Å². The largest absolute Gasteiger partial charge is 0.377 e. The van der Waals surface area contributed by atoms with Crippen LogP contribution < -0.4 is 5.73 Å². The van der Waals surface area contributed by atoms with E-state index in [-0.39, 0.29) is 18.2 Å². The van der Waals surface area contributed by atoms with Crippen molar-refractivity contribution >= 4 is 27.5 Å². The summed E-state index contributed by atoms with van der Waals surface area (Å²) in [5, 5.41) is 0.701. The Labute approximate surface area is 133 Å². The van der Waals surface area contributed by atoms with Gasteiger partial charge in [0.2, 0.25) is 0 Å². The van der Waals surface area contributed by atoms with Crippen LogP contribution in [0.4, 0.5) is 0 Å². The molecule has 2 rings (SSSR count). The van der Waals surface area contributed by atoms with Crippen molar-refractivity contribution in [1.82, 2.24) is 4.90 Å². The molecule has 1 fully saturated rings. The average molecular weight is 364 g/mol. The number of hydrogen-bond donors (Lipinski definition) is 1. The summed E-state index contributed by atoms with van der Waals surface area (Å²) < 4.78 is 11.8. The Morgan fingerprint density at radius 1 is 1.35 bits per heavy atom. The average Bonchev–Trinajstić information content (AvgIpc) is 2.86. The van der Waals surface area contributed by atoms with Crippen LogP contribution >= 0.6 is 27.5 Å². The highest BCUT2D eigenvalue weighted by Gasteiger charge is 2.36. The first-order valence-corrected chi connectivity index (χ1v) is 7.72. The van der Waals surface area contributed by atoms with Gasteiger partial charge in [-0.1, -0.05) is 17.7 Å². The van der Waals surface area contributed by atoms with Crippen LogP contribution in [0.5, 0.6) is 0 Å². The minimum Gasteiger partial charge on any atom is -0.377 e. The Bertz CT molecular complexity index is 449. The van der Waals surface area contributed by atoms with Crippen molar-refractivity contribution in [1.29, 1.82) is 0 Å². The van der Waals surface area contributed by atoms with Crippen LogP contribution in [-0.4, -0.2) is 51.0 Å². The molecule has 0 spiro atoms. The number of nitrogens with two attached hydrogens (primary N) is 1. The van der Waals surface area contributed by atoms with E-state index >= 15 is 0 Å². The lowest BCUT2D eigenvalue weighted by molar-refractivity contribution is -0.00461. The Morgan fingerprint density at radius 3 is 2.40 bits per heavy atom. The minimum atomic E-state index is 0.0833. The second kappa shape index (κ2) is 7.20. The van der Waals surface area contributed by atoms with Crippen molar-refractivity contribution in [2.24, 2.45) is 5.73 Å². The SMILES string of the molecule is COC1CN(C(CN)c2ccc(Br)c(Cl)c2)CC1OC. The van der Waals surface area contributed by atoms with Gasteiger partial charge < -0.3 is 15.2 Å². The van der Waals surface area contributed by atoms with Crippen molar-refractivity contribution in [3.05, 3.63) is 33.3 Å². The first kappa shape index (κ1) is 16.2. The van der Waals surface area contributed by atoms with Crippen LogP contribution in [0.25, 0.3) is 0 Å². The maximum atomic E-state index is 6.18. The predicted octanol–water partition coefficient (Wildman–Crippen LogP) is 2.45. The number of halogens is 2. The molecule has 3 unspecified atom stereocenters. The lowest BCUT2D eigenvalue weighted by Crippen LogP contribution is -2.33. The Balaban J connectivity index is 2.18. The third kappa shape index (κ3) is 3.35. The van der Waals surface area contributed by atoms with Gasteiger partial charge in [0.1, 0.15) is 0 Å². The van der Waals surface area contributed by atoms with Crippen molar-refractivity contribution in [3.8, 4) is 0 Å². The zero-order valence-electron chi connectivity index (χ0n) is 11.7. The van der Waals surface area contributed by atoms with Gasteiger partial charge >= 0.3 is 0 Å². The fourth-order valence-electron chi connectivity index (χ4n) is 2.69. The summed E-state index contributed by atoms with van der Waals surface area (Å²) in [6.07, 6.45) is 0.167. The van der Waals surface area contributed by atoms with Crippen LogP contribution in [0.3, 0.4) is 0 Å². The molecular weight excluding hydrogens is 344 g/mol. The van der Waals surface area contributed by atoms with Gasteiger partial charge in [-0.2, -0.15) is 0 Å². The number of ether oxygens (including phenoxy) is 2. The zero-order valence-corrected chi connectivity index (χ0v) is 14.0. The van der Waals surface area contributed by atoms with Gasteiger partial charge in [0.05, 0.1) is 17.2 Å². The number of nitrogens with zero attached hydrogens (tertiary/aromatic N) is 1. The fraction of sp³-hybridized carbons (Fsp3) is 0.571. The maximum Gasteiger partial charge on any atom is 0.0972 e. The highest BCUT2D eigenvalue weighted by atomic mass is 79.9. The van der Waals surface area contributed by atoms with Crippen LogP contribution in [0.15, 0.2) is 22.7 Å². The molecule has 112 valence electrons. The Hall–Kier alpha value is -0.170. The molecule has 2 N–H and O–H groups in total. The molecular formula is C14H20BrClN2O2. The molecule has 6 heteroatoms. The predicted molar refractivity (Wildman–Crippen MR) is 84.1 cm³/mol. The Morgan fingerprint density at radius 2 is 1.95 bits per heavy atom. The quantitative estimate of drug-likeness (QED) is 0.873. The molecule has 1 heterocycles. The molecule has 1 aliphatic heterocycles. The number of benzene rings is 1. The summed E-state index contributed by atoms with van der Waals surface area (Å²) in [6.45, 7) is 2.15. The van der Waals surface area contributed by atoms with Crippen molar-refractivity contribution in [2.75, 3.05) is 33.9 Å².